The van der Waals surface area contributed by atoms with Crippen molar-refractivity contribution < 1.29 is 22.7 Å². The number of methoxy groups -OCH3 is 1. The lowest BCUT2D eigenvalue weighted by Crippen LogP contribution is -2.46. The van der Waals surface area contributed by atoms with Gasteiger partial charge in [-0.25, -0.2) is 0 Å². The van der Waals surface area contributed by atoms with E-state index in [0.717, 1.165) is 56.6 Å². The predicted octanol–water partition coefficient (Wildman–Crippen LogP) is 5.26. The fraction of sp³-hybridized carbons (Fsp3) is 0.400. The van der Waals surface area contributed by atoms with Crippen molar-refractivity contribution in [2.45, 2.75) is 19.0 Å². The second-order valence-corrected chi connectivity index (χ2v) is 9.23. The highest BCUT2D eigenvalue weighted by molar-refractivity contribution is 7.17. The van der Waals surface area contributed by atoms with Crippen LogP contribution in [-0.2, 0) is 6.18 Å². The lowest BCUT2D eigenvalue weighted by Gasteiger charge is -2.36. The number of anilines is 1. The standard InChI is InChI=1S/C25H28F3N3O2S/c1-33-22-7-3-2-6-20(22)24(32)29-10-4-5-11-30-12-14-31(15-13-30)21-17-34-23-16-18(25(26,27)28)8-9-19(21)23/h2-3,6-9,16-17H,4-5,10-15H2,1H3,(H,29,32). The zero-order chi connectivity index (χ0) is 24.1. The fourth-order valence-electron chi connectivity index (χ4n) is 4.24. The average molecular weight is 492 g/mol. The first kappa shape index (κ1) is 24.3. The van der Waals surface area contributed by atoms with E-state index < -0.39 is 11.7 Å². The Morgan fingerprint density at radius 1 is 1.09 bits per heavy atom. The summed E-state index contributed by atoms with van der Waals surface area (Å²) in [7, 11) is 1.55. The Labute approximate surface area is 201 Å². The Hall–Kier alpha value is -2.78. The summed E-state index contributed by atoms with van der Waals surface area (Å²) in [6, 6.07) is 11.2. The summed E-state index contributed by atoms with van der Waals surface area (Å²) >= 11 is 1.36. The van der Waals surface area contributed by atoms with Gasteiger partial charge in [0, 0.05) is 48.2 Å². The van der Waals surface area contributed by atoms with E-state index in [9.17, 15) is 18.0 Å². The zero-order valence-electron chi connectivity index (χ0n) is 19.0. The molecule has 0 atom stereocenters. The predicted molar refractivity (Wildman–Crippen MR) is 130 cm³/mol. The van der Waals surface area contributed by atoms with Crippen molar-refractivity contribution in [2.75, 3.05) is 51.3 Å². The topological polar surface area (TPSA) is 44.8 Å². The SMILES string of the molecule is COc1ccccc1C(=O)NCCCCN1CCN(c2csc3cc(C(F)(F)F)ccc23)CC1. The second kappa shape index (κ2) is 10.7. The molecular weight excluding hydrogens is 463 g/mol. The summed E-state index contributed by atoms with van der Waals surface area (Å²) in [5, 5.41) is 5.80. The number of thiophene rings is 1. The zero-order valence-corrected chi connectivity index (χ0v) is 19.8. The Bertz CT molecular complexity index is 1120. The van der Waals surface area contributed by atoms with Crippen molar-refractivity contribution in [2.24, 2.45) is 0 Å². The number of benzene rings is 2. The largest absolute Gasteiger partial charge is 0.496 e. The summed E-state index contributed by atoms with van der Waals surface area (Å²) in [5.41, 5.74) is 0.960. The van der Waals surface area contributed by atoms with Crippen molar-refractivity contribution in [3.05, 3.63) is 59.0 Å². The van der Waals surface area contributed by atoms with Crippen molar-refractivity contribution in [1.82, 2.24) is 10.2 Å². The van der Waals surface area contributed by atoms with Crippen LogP contribution in [-0.4, -0.2) is 57.2 Å². The number of carbonyl (C=O) groups is 1. The summed E-state index contributed by atoms with van der Waals surface area (Å²) in [4.78, 5) is 17.0. The lowest BCUT2D eigenvalue weighted by atomic mass is 10.1. The number of ether oxygens (including phenoxy) is 1. The van der Waals surface area contributed by atoms with Gasteiger partial charge >= 0.3 is 6.18 Å². The van der Waals surface area contributed by atoms with Crippen LogP contribution in [0.1, 0.15) is 28.8 Å². The molecule has 1 aromatic heterocycles. The maximum Gasteiger partial charge on any atom is 0.416 e. The number of nitrogens with zero attached hydrogens (tertiary/aromatic N) is 2. The average Bonchev–Trinajstić information content (AvgIpc) is 3.27. The molecule has 0 saturated carbocycles. The van der Waals surface area contributed by atoms with E-state index in [2.05, 4.69) is 15.1 Å². The van der Waals surface area contributed by atoms with Gasteiger partial charge < -0.3 is 15.0 Å². The van der Waals surface area contributed by atoms with E-state index in [1.54, 1.807) is 25.3 Å². The number of halogens is 3. The second-order valence-electron chi connectivity index (χ2n) is 8.32. The summed E-state index contributed by atoms with van der Waals surface area (Å²) in [6.07, 6.45) is -2.45. The van der Waals surface area contributed by atoms with E-state index in [1.807, 2.05) is 17.5 Å². The third kappa shape index (κ3) is 5.64. The molecule has 5 nitrogen and oxygen atoms in total. The molecule has 2 heterocycles. The molecule has 0 unspecified atom stereocenters. The molecule has 1 saturated heterocycles. The van der Waals surface area contributed by atoms with Crippen molar-refractivity contribution in [3.63, 3.8) is 0 Å². The van der Waals surface area contributed by atoms with Crippen LogP contribution >= 0.6 is 11.3 Å². The minimum absolute atomic E-state index is 0.128. The Balaban J connectivity index is 1.20. The number of amides is 1. The maximum absolute atomic E-state index is 13.0. The molecule has 2 aromatic carbocycles. The van der Waals surface area contributed by atoms with Gasteiger partial charge in [-0.15, -0.1) is 11.3 Å². The normalized spacial score (nSPS) is 15.0. The molecule has 34 heavy (non-hydrogen) atoms. The number of rotatable bonds is 8. The molecule has 3 aromatic rings. The fourth-order valence-corrected chi connectivity index (χ4v) is 5.25. The molecular formula is C25H28F3N3O2S. The van der Waals surface area contributed by atoms with Gasteiger partial charge in [0.15, 0.2) is 0 Å². The van der Waals surface area contributed by atoms with Crippen LogP contribution in [0.2, 0.25) is 0 Å². The first-order valence-corrected chi connectivity index (χ1v) is 12.2. The van der Waals surface area contributed by atoms with Gasteiger partial charge in [0.2, 0.25) is 0 Å². The number of hydrogen-bond acceptors (Lipinski definition) is 5. The van der Waals surface area contributed by atoms with Crippen LogP contribution in [0.5, 0.6) is 5.75 Å². The molecule has 1 amide bonds. The molecule has 0 spiro atoms. The van der Waals surface area contributed by atoms with Crippen molar-refractivity contribution in [1.29, 1.82) is 0 Å². The summed E-state index contributed by atoms with van der Waals surface area (Å²) in [6.45, 7) is 5.07. The number of unbranched alkanes of at least 4 members (excludes halogenated alkanes) is 1. The van der Waals surface area contributed by atoms with E-state index >= 15 is 0 Å². The van der Waals surface area contributed by atoms with Gasteiger partial charge in [-0.3, -0.25) is 9.69 Å². The van der Waals surface area contributed by atoms with Gasteiger partial charge in [-0.2, -0.15) is 13.2 Å². The number of para-hydroxylation sites is 1. The van der Waals surface area contributed by atoms with E-state index in [-0.39, 0.29) is 5.91 Å². The molecule has 4 rings (SSSR count). The summed E-state index contributed by atoms with van der Waals surface area (Å²) < 4.78 is 44.8. The van der Waals surface area contributed by atoms with Crippen LogP contribution in [0.3, 0.4) is 0 Å². The maximum atomic E-state index is 13.0. The highest BCUT2D eigenvalue weighted by Crippen LogP contribution is 2.38. The number of nitrogens with one attached hydrogen (secondary N) is 1. The molecule has 182 valence electrons. The lowest BCUT2D eigenvalue weighted by molar-refractivity contribution is -0.137. The van der Waals surface area contributed by atoms with Gasteiger partial charge in [-0.05, 0) is 43.7 Å². The van der Waals surface area contributed by atoms with Crippen LogP contribution in [0, 0.1) is 0 Å². The van der Waals surface area contributed by atoms with E-state index in [1.165, 1.54) is 23.5 Å². The van der Waals surface area contributed by atoms with Gasteiger partial charge in [0.25, 0.3) is 5.91 Å². The van der Waals surface area contributed by atoms with E-state index in [0.29, 0.717) is 22.6 Å². The molecule has 0 bridgehead atoms. The third-order valence-electron chi connectivity index (χ3n) is 6.13. The van der Waals surface area contributed by atoms with Crippen LogP contribution in [0.15, 0.2) is 47.8 Å². The van der Waals surface area contributed by atoms with Gasteiger partial charge in [-0.1, -0.05) is 18.2 Å². The first-order chi connectivity index (χ1) is 16.4. The minimum atomic E-state index is -4.32. The quantitative estimate of drug-likeness (QED) is 0.437. The number of piperazine rings is 1. The summed E-state index contributed by atoms with van der Waals surface area (Å²) in [5.74, 6) is 0.438. The molecule has 1 fully saturated rings. The monoisotopic (exact) mass is 491 g/mol. The minimum Gasteiger partial charge on any atom is -0.496 e. The number of hydrogen-bond donors (Lipinski definition) is 1. The molecule has 9 heteroatoms. The number of carbonyl (C=O) groups excluding carboxylic acids is 1. The molecule has 1 aliphatic heterocycles. The molecule has 0 radical (unpaired) electrons. The number of alkyl halides is 3. The van der Waals surface area contributed by atoms with E-state index in [4.69, 9.17) is 4.74 Å². The molecule has 0 aliphatic carbocycles. The van der Waals surface area contributed by atoms with Crippen LogP contribution in [0.25, 0.3) is 10.1 Å². The first-order valence-electron chi connectivity index (χ1n) is 11.3. The smallest absolute Gasteiger partial charge is 0.416 e. The van der Waals surface area contributed by atoms with Gasteiger partial charge in [0.05, 0.1) is 23.9 Å². The highest BCUT2D eigenvalue weighted by Gasteiger charge is 2.31. The third-order valence-corrected chi connectivity index (χ3v) is 7.07. The Morgan fingerprint density at radius 2 is 1.85 bits per heavy atom. The molecule has 1 N–H and O–H groups in total. The van der Waals surface area contributed by atoms with Crippen molar-refractivity contribution in [3.8, 4) is 5.75 Å². The number of fused-ring (bicyclic) bond motifs is 1. The molecule has 1 aliphatic rings. The van der Waals surface area contributed by atoms with Gasteiger partial charge in [0.1, 0.15) is 5.75 Å². The Kier molecular flexibility index (Phi) is 7.63. The van der Waals surface area contributed by atoms with Crippen molar-refractivity contribution >= 4 is 33.0 Å². The van der Waals surface area contributed by atoms with Crippen LogP contribution in [0.4, 0.5) is 18.9 Å². The van der Waals surface area contributed by atoms with Crippen LogP contribution < -0.4 is 15.0 Å². The Morgan fingerprint density at radius 3 is 2.59 bits per heavy atom. The highest BCUT2D eigenvalue weighted by atomic mass is 32.1.